The van der Waals surface area contributed by atoms with E-state index in [1.54, 1.807) is 30.1 Å². The van der Waals surface area contributed by atoms with Crippen LogP contribution in [0.25, 0.3) is 5.69 Å². The molecule has 0 aliphatic rings. The van der Waals surface area contributed by atoms with E-state index in [0.717, 1.165) is 24.5 Å². The molecule has 0 atom stereocenters. The molecule has 0 radical (unpaired) electrons. The molecule has 0 saturated carbocycles. The van der Waals surface area contributed by atoms with E-state index < -0.39 is 5.91 Å². The van der Waals surface area contributed by atoms with Crippen molar-refractivity contribution in [2.24, 2.45) is 0 Å². The molecular formula is C21H26N6O4S. The largest absolute Gasteiger partial charge is 0.497 e. The van der Waals surface area contributed by atoms with Gasteiger partial charge in [0.25, 0.3) is 0 Å². The Balaban J connectivity index is 1.48. The summed E-state index contributed by atoms with van der Waals surface area (Å²) in [6.07, 6.45) is 1.57. The highest BCUT2D eigenvalue weighted by Crippen LogP contribution is 2.21. The topological polar surface area (TPSA) is 115 Å². The van der Waals surface area contributed by atoms with Crippen LogP contribution in [0.2, 0.25) is 0 Å². The van der Waals surface area contributed by atoms with Gasteiger partial charge in [-0.15, -0.1) is 10.2 Å². The second-order valence-electron chi connectivity index (χ2n) is 6.70. The van der Waals surface area contributed by atoms with Crippen molar-refractivity contribution in [1.29, 1.82) is 0 Å². The molecule has 3 rings (SSSR count). The number of ether oxygens (including phenoxy) is 1. The highest BCUT2D eigenvalue weighted by Gasteiger charge is 2.15. The average molecular weight is 459 g/mol. The maximum atomic E-state index is 12.2. The minimum Gasteiger partial charge on any atom is -0.497 e. The highest BCUT2D eigenvalue weighted by atomic mass is 32.2. The van der Waals surface area contributed by atoms with Crippen molar-refractivity contribution in [3.8, 4) is 11.4 Å². The molecule has 2 N–H and O–H groups in total. The number of hydrogen-bond donors (Lipinski definition) is 2. The lowest BCUT2D eigenvalue weighted by molar-refractivity contribution is -0.119. The Bertz CT molecular complexity index is 1030. The van der Waals surface area contributed by atoms with Gasteiger partial charge in [0.1, 0.15) is 17.8 Å². The number of amides is 2. The summed E-state index contributed by atoms with van der Waals surface area (Å²) in [6, 6.07) is 10.7. The lowest BCUT2D eigenvalue weighted by atomic mass is 10.3. The lowest BCUT2D eigenvalue weighted by Gasteiger charge is -2.15. The van der Waals surface area contributed by atoms with E-state index in [9.17, 15) is 9.59 Å². The number of nitrogens with zero attached hydrogens (tertiary/aromatic N) is 4. The third kappa shape index (κ3) is 6.11. The minimum absolute atomic E-state index is 0.0422. The molecular weight excluding hydrogens is 432 g/mol. The van der Waals surface area contributed by atoms with E-state index in [-0.39, 0.29) is 17.4 Å². The van der Waals surface area contributed by atoms with Crippen LogP contribution in [0.3, 0.4) is 0 Å². The first-order chi connectivity index (χ1) is 15.5. The van der Waals surface area contributed by atoms with Crippen LogP contribution in [0.15, 0.2) is 52.3 Å². The van der Waals surface area contributed by atoms with E-state index in [1.807, 2.05) is 24.3 Å². The van der Waals surface area contributed by atoms with Gasteiger partial charge >= 0.3 is 5.91 Å². The number of methoxy groups -OCH3 is 1. The number of hydrazine groups is 1. The zero-order valence-corrected chi connectivity index (χ0v) is 19.0. The van der Waals surface area contributed by atoms with E-state index in [1.165, 1.54) is 11.8 Å². The van der Waals surface area contributed by atoms with Gasteiger partial charge < -0.3 is 9.15 Å². The SMILES string of the molecule is CCN(CC)Cc1ccc(C(=O)NNC(=O)CSc2nncn2-c2ccc(OC)cc2)o1. The fourth-order valence-electron chi connectivity index (χ4n) is 2.85. The molecule has 0 fully saturated rings. The molecule has 1 aromatic carbocycles. The predicted octanol–water partition coefficient (Wildman–Crippen LogP) is 2.26. The molecule has 0 aliphatic heterocycles. The van der Waals surface area contributed by atoms with Crippen molar-refractivity contribution >= 4 is 23.6 Å². The number of aromatic nitrogens is 3. The predicted molar refractivity (Wildman–Crippen MR) is 120 cm³/mol. The maximum absolute atomic E-state index is 12.2. The number of carbonyl (C=O) groups is 2. The Hall–Kier alpha value is -3.31. The van der Waals surface area contributed by atoms with Crippen LogP contribution in [-0.4, -0.2) is 57.4 Å². The Labute approximate surface area is 190 Å². The zero-order valence-electron chi connectivity index (χ0n) is 18.2. The van der Waals surface area contributed by atoms with Crippen LogP contribution in [0.4, 0.5) is 0 Å². The molecule has 10 nitrogen and oxygen atoms in total. The molecule has 0 spiro atoms. The van der Waals surface area contributed by atoms with Crippen molar-refractivity contribution in [3.05, 3.63) is 54.2 Å². The second-order valence-corrected chi connectivity index (χ2v) is 7.64. The number of thioether (sulfide) groups is 1. The van der Waals surface area contributed by atoms with Crippen LogP contribution < -0.4 is 15.6 Å². The van der Waals surface area contributed by atoms with Crippen molar-refractivity contribution in [2.75, 3.05) is 26.0 Å². The minimum atomic E-state index is -0.518. The van der Waals surface area contributed by atoms with E-state index in [4.69, 9.17) is 9.15 Å². The molecule has 0 saturated heterocycles. The Morgan fingerprint density at radius 3 is 2.56 bits per heavy atom. The summed E-state index contributed by atoms with van der Waals surface area (Å²) in [7, 11) is 1.60. The van der Waals surface area contributed by atoms with Gasteiger partial charge in [-0.25, -0.2) is 0 Å². The van der Waals surface area contributed by atoms with Gasteiger partial charge in [0.15, 0.2) is 10.9 Å². The summed E-state index contributed by atoms with van der Waals surface area (Å²) >= 11 is 1.20. The molecule has 0 bridgehead atoms. The molecule has 32 heavy (non-hydrogen) atoms. The van der Waals surface area contributed by atoms with Gasteiger partial charge in [0.2, 0.25) is 5.91 Å². The van der Waals surface area contributed by atoms with Crippen molar-refractivity contribution < 1.29 is 18.7 Å². The van der Waals surface area contributed by atoms with Crippen LogP contribution in [0.5, 0.6) is 5.75 Å². The van der Waals surface area contributed by atoms with Crippen LogP contribution >= 0.6 is 11.8 Å². The molecule has 2 amide bonds. The Morgan fingerprint density at radius 2 is 1.88 bits per heavy atom. The third-order valence-corrected chi connectivity index (χ3v) is 5.62. The second kappa shape index (κ2) is 11.3. The van der Waals surface area contributed by atoms with Gasteiger partial charge in [0.05, 0.1) is 19.4 Å². The molecule has 11 heteroatoms. The first kappa shape index (κ1) is 23.4. The van der Waals surface area contributed by atoms with Gasteiger partial charge in [-0.05, 0) is 49.5 Å². The summed E-state index contributed by atoms with van der Waals surface area (Å²) in [6.45, 7) is 6.52. The molecule has 0 aliphatic carbocycles. The molecule has 0 unspecified atom stereocenters. The number of nitrogens with one attached hydrogen (secondary N) is 2. The Morgan fingerprint density at radius 1 is 1.12 bits per heavy atom. The number of furan rings is 1. The number of carbonyl (C=O) groups excluding carboxylic acids is 2. The van der Waals surface area contributed by atoms with E-state index in [2.05, 4.69) is 39.8 Å². The monoisotopic (exact) mass is 458 g/mol. The number of benzene rings is 1. The van der Waals surface area contributed by atoms with E-state index in [0.29, 0.717) is 17.5 Å². The van der Waals surface area contributed by atoms with Gasteiger partial charge in [-0.2, -0.15) is 0 Å². The summed E-state index contributed by atoms with van der Waals surface area (Å²) < 4.78 is 12.5. The summed E-state index contributed by atoms with van der Waals surface area (Å²) in [5.41, 5.74) is 5.59. The van der Waals surface area contributed by atoms with Gasteiger partial charge in [-0.1, -0.05) is 25.6 Å². The number of rotatable bonds is 10. The summed E-state index contributed by atoms with van der Waals surface area (Å²) in [5, 5.41) is 8.51. The van der Waals surface area contributed by atoms with Crippen LogP contribution in [0.1, 0.15) is 30.2 Å². The molecule has 170 valence electrons. The summed E-state index contributed by atoms with van der Waals surface area (Å²) in [4.78, 5) is 26.6. The standard InChI is InChI=1S/C21H26N6O4S/c1-4-26(5-2)12-17-10-11-18(31-17)20(29)24-23-19(28)13-32-21-25-22-14-27(21)15-6-8-16(30-3)9-7-15/h6-11,14H,4-5,12-13H2,1-3H3,(H,23,28)(H,24,29). The third-order valence-electron chi connectivity index (χ3n) is 4.67. The van der Waals surface area contributed by atoms with Crippen LogP contribution in [0, 0.1) is 0 Å². The molecule has 3 aromatic rings. The quantitative estimate of drug-likeness (QED) is 0.351. The average Bonchev–Trinajstić information content (AvgIpc) is 3.49. The molecule has 2 heterocycles. The van der Waals surface area contributed by atoms with E-state index >= 15 is 0 Å². The van der Waals surface area contributed by atoms with Crippen molar-refractivity contribution in [3.63, 3.8) is 0 Å². The smallest absolute Gasteiger partial charge is 0.305 e. The zero-order chi connectivity index (χ0) is 22.9. The van der Waals surface area contributed by atoms with Crippen molar-refractivity contribution in [2.45, 2.75) is 25.5 Å². The highest BCUT2D eigenvalue weighted by molar-refractivity contribution is 7.99. The normalized spacial score (nSPS) is 10.9. The first-order valence-electron chi connectivity index (χ1n) is 10.1. The fraction of sp³-hybridized carbons (Fsp3) is 0.333. The Kier molecular flexibility index (Phi) is 8.28. The summed E-state index contributed by atoms with van der Waals surface area (Å²) in [5.74, 6) is 0.708. The van der Waals surface area contributed by atoms with Crippen LogP contribution in [-0.2, 0) is 11.3 Å². The van der Waals surface area contributed by atoms with Crippen molar-refractivity contribution in [1.82, 2.24) is 30.5 Å². The van der Waals surface area contributed by atoms with Gasteiger partial charge in [0, 0.05) is 5.69 Å². The fourth-order valence-corrected chi connectivity index (χ4v) is 3.58. The lowest BCUT2D eigenvalue weighted by Crippen LogP contribution is -2.42. The first-order valence-corrected chi connectivity index (χ1v) is 11.1. The maximum Gasteiger partial charge on any atom is 0.305 e. The van der Waals surface area contributed by atoms with Gasteiger partial charge in [-0.3, -0.25) is 29.9 Å². The number of hydrogen-bond acceptors (Lipinski definition) is 8. The molecule has 2 aromatic heterocycles.